The van der Waals surface area contributed by atoms with Gasteiger partial charge in [0.05, 0.1) is 6.04 Å². The Hall–Kier alpha value is -1.55. The summed E-state index contributed by atoms with van der Waals surface area (Å²) in [4.78, 5) is 13.9. The number of primary amides is 1. The lowest BCUT2D eigenvalue weighted by Gasteiger charge is -2.32. The molecule has 1 aliphatic carbocycles. The van der Waals surface area contributed by atoms with Crippen LogP contribution in [0.25, 0.3) is 0 Å². The van der Waals surface area contributed by atoms with Gasteiger partial charge in [0.2, 0.25) is 5.91 Å². The highest BCUT2D eigenvalue weighted by atomic mass is 16.1. The van der Waals surface area contributed by atoms with E-state index in [2.05, 4.69) is 34.5 Å². The molecule has 0 aromatic heterocycles. The van der Waals surface area contributed by atoms with E-state index in [4.69, 9.17) is 5.73 Å². The van der Waals surface area contributed by atoms with Gasteiger partial charge in [0.25, 0.3) is 0 Å². The SMILES string of the molecule is NC(=O)C(CCN1CCCc2ccccc21)NC1CC1. The van der Waals surface area contributed by atoms with Crippen LogP contribution in [-0.4, -0.2) is 31.1 Å². The van der Waals surface area contributed by atoms with Gasteiger partial charge >= 0.3 is 0 Å². The van der Waals surface area contributed by atoms with Crippen molar-refractivity contribution in [2.75, 3.05) is 18.0 Å². The van der Waals surface area contributed by atoms with Gasteiger partial charge < -0.3 is 16.0 Å². The van der Waals surface area contributed by atoms with Crippen LogP contribution in [0.3, 0.4) is 0 Å². The van der Waals surface area contributed by atoms with Crippen LogP contribution in [-0.2, 0) is 11.2 Å². The molecule has 3 N–H and O–H groups in total. The average molecular weight is 273 g/mol. The maximum atomic E-state index is 11.5. The zero-order valence-corrected chi connectivity index (χ0v) is 11.8. The van der Waals surface area contributed by atoms with Crippen molar-refractivity contribution in [2.24, 2.45) is 5.73 Å². The second-order valence-electron chi connectivity index (χ2n) is 5.90. The Labute approximate surface area is 120 Å². The molecule has 1 amide bonds. The van der Waals surface area contributed by atoms with E-state index in [1.807, 2.05) is 0 Å². The van der Waals surface area contributed by atoms with Crippen LogP contribution < -0.4 is 16.0 Å². The lowest BCUT2D eigenvalue weighted by Crippen LogP contribution is -2.45. The van der Waals surface area contributed by atoms with Crippen molar-refractivity contribution in [3.63, 3.8) is 0 Å². The van der Waals surface area contributed by atoms with E-state index in [1.54, 1.807) is 0 Å². The summed E-state index contributed by atoms with van der Waals surface area (Å²) < 4.78 is 0. The number of carbonyl (C=O) groups excluding carboxylic acids is 1. The highest BCUT2D eigenvalue weighted by molar-refractivity contribution is 5.80. The van der Waals surface area contributed by atoms with Crippen molar-refractivity contribution in [3.05, 3.63) is 29.8 Å². The van der Waals surface area contributed by atoms with Crippen LogP contribution in [0, 0.1) is 0 Å². The van der Waals surface area contributed by atoms with Gasteiger partial charge in [-0.2, -0.15) is 0 Å². The van der Waals surface area contributed by atoms with Crippen molar-refractivity contribution >= 4 is 11.6 Å². The van der Waals surface area contributed by atoms with Crippen LogP contribution in [0.1, 0.15) is 31.2 Å². The molecule has 1 aromatic carbocycles. The smallest absolute Gasteiger partial charge is 0.234 e. The predicted octanol–water partition coefficient (Wildman–Crippen LogP) is 1.44. The fraction of sp³-hybridized carbons (Fsp3) is 0.562. The molecule has 0 bridgehead atoms. The van der Waals surface area contributed by atoms with Crippen LogP contribution >= 0.6 is 0 Å². The minimum Gasteiger partial charge on any atom is -0.371 e. The fourth-order valence-electron chi connectivity index (χ4n) is 2.97. The number of anilines is 1. The third-order valence-electron chi connectivity index (χ3n) is 4.25. The minimum absolute atomic E-state index is 0.184. The number of para-hydroxylation sites is 1. The molecule has 1 heterocycles. The number of rotatable bonds is 6. The first-order valence-electron chi connectivity index (χ1n) is 7.62. The van der Waals surface area contributed by atoms with E-state index >= 15 is 0 Å². The zero-order valence-electron chi connectivity index (χ0n) is 11.8. The molecule has 1 fully saturated rings. The normalized spacial score (nSPS) is 19.5. The quantitative estimate of drug-likeness (QED) is 0.824. The number of fused-ring (bicyclic) bond motifs is 1. The monoisotopic (exact) mass is 273 g/mol. The topological polar surface area (TPSA) is 58.4 Å². The Balaban J connectivity index is 1.61. The van der Waals surface area contributed by atoms with E-state index in [-0.39, 0.29) is 11.9 Å². The van der Waals surface area contributed by atoms with E-state index < -0.39 is 0 Å². The molecule has 1 aromatic rings. The largest absolute Gasteiger partial charge is 0.371 e. The van der Waals surface area contributed by atoms with E-state index in [0.29, 0.717) is 6.04 Å². The number of amides is 1. The first kappa shape index (κ1) is 13.4. The number of hydrogen-bond acceptors (Lipinski definition) is 3. The Morgan fingerprint density at radius 1 is 1.40 bits per heavy atom. The number of nitrogens with zero attached hydrogens (tertiary/aromatic N) is 1. The summed E-state index contributed by atoms with van der Waals surface area (Å²) >= 11 is 0. The van der Waals surface area contributed by atoms with E-state index in [1.165, 1.54) is 30.5 Å². The number of nitrogens with two attached hydrogens (primary N) is 1. The lowest BCUT2D eigenvalue weighted by atomic mass is 10.0. The number of hydrogen-bond donors (Lipinski definition) is 2. The standard InChI is InChI=1S/C16H23N3O/c17-16(20)14(18-13-7-8-13)9-11-19-10-3-5-12-4-1-2-6-15(12)19/h1-2,4,6,13-14,18H,3,5,7-11H2,(H2,17,20). The molecule has 0 radical (unpaired) electrons. The van der Waals surface area contributed by atoms with Gasteiger partial charge in [-0.15, -0.1) is 0 Å². The van der Waals surface area contributed by atoms with Crippen molar-refractivity contribution < 1.29 is 4.79 Å². The Morgan fingerprint density at radius 3 is 2.95 bits per heavy atom. The van der Waals surface area contributed by atoms with Gasteiger partial charge in [0, 0.05) is 24.8 Å². The number of nitrogens with one attached hydrogen (secondary N) is 1. The maximum Gasteiger partial charge on any atom is 0.234 e. The second kappa shape index (κ2) is 5.83. The summed E-state index contributed by atoms with van der Waals surface area (Å²) in [6.45, 7) is 1.97. The van der Waals surface area contributed by atoms with Crippen molar-refractivity contribution in [1.82, 2.24) is 5.32 Å². The van der Waals surface area contributed by atoms with Crippen LogP contribution in [0.2, 0.25) is 0 Å². The third-order valence-corrected chi connectivity index (χ3v) is 4.25. The molecule has 20 heavy (non-hydrogen) atoms. The summed E-state index contributed by atoms with van der Waals surface area (Å²) in [7, 11) is 0. The highest BCUT2D eigenvalue weighted by Gasteiger charge is 2.27. The first-order chi connectivity index (χ1) is 9.74. The predicted molar refractivity (Wildman–Crippen MR) is 80.7 cm³/mol. The Bertz CT molecular complexity index is 484. The summed E-state index contributed by atoms with van der Waals surface area (Å²) in [5.74, 6) is -0.220. The number of aryl methyl sites for hydroxylation is 1. The van der Waals surface area contributed by atoms with Crippen molar-refractivity contribution in [3.8, 4) is 0 Å². The molecule has 1 aliphatic heterocycles. The average Bonchev–Trinajstić information content (AvgIpc) is 3.27. The van der Waals surface area contributed by atoms with E-state index in [0.717, 1.165) is 25.9 Å². The summed E-state index contributed by atoms with van der Waals surface area (Å²) in [5, 5.41) is 3.35. The third kappa shape index (κ3) is 3.12. The molecule has 1 unspecified atom stereocenters. The van der Waals surface area contributed by atoms with Crippen molar-refractivity contribution in [2.45, 2.75) is 44.2 Å². The molecule has 108 valence electrons. The Kier molecular flexibility index (Phi) is 3.92. The molecule has 2 aliphatic rings. The molecule has 0 saturated heterocycles. The van der Waals surface area contributed by atoms with Crippen LogP contribution in [0.5, 0.6) is 0 Å². The lowest BCUT2D eigenvalue weighted by molar-refractivity contribution is -0.120. The first-order valence-corrected chi connectivity index (χ1v) is 7.62. The number of benzene rings is 1. The number of carbonyl (C=O) groups is 1. The molecule has 1 atom stereocenters. The van der Waals surface area contributed by atoms with Crippen LogP contribution in [0.4, 0.5) is 5.69 Å². The van der Waals surface area contributed by atoms with Gasteiger partial charge in [-0.1, -0.05) is 18.2 Å². The summed E-state index contributed by atoms with van der Waals surface area (Å²) in [6, 6.07) is 8.91. The van der Waals surface area contributed by atoms with E-state index in [9.17, 15) is 4.79 Å². The Morgan fingerprint density at radius 2 is 2.20 bits per heavy atom. The molecule has 3 rings (SSSR count). The highest BCUT2D eigenvalue weighted by Crippen LogP contribution is 2.27. The van der Waals surface area contributed by atoms with Gasteiger partial charge in [-0.3, -0.25) is 4.79 Å². The van der Waals surface area contributed by atoms with Gasteiger partial charge in [0.15, 0.2) is 0 Å². The van der Waals surface area contributed by atoms with Crippen LogP contribution in [0.15, 0.2) is 24.3 Å². The molecular weight excluding hydrogens is 250 g/mol. The molecule has 0 spiro atoms. The van der Waals surface area contributed by atoms with Crippen molar-refractivity contribution in [1.29, 1.82) is 0 Å². The molecule has 1 saturated carbocycles. The molecule has 4 nitrogen and oxygen atoms in total. The summed E-state index contributed by atoms with van der Waals surface area (Å²) in [5.41, 5.74) is 8.25. The molecular formula is C16H23N3O. The van der Waals surface area contributed by atoms with Gasteiger partial charge in [-0.25, -0.2) is 0 Å². The molecule has 4 heteroatoms. The zero-order chi connectivity index (χ0) is 13.9. The van der Waals surface area contributed by atoms with Gasteiger partial charge in [0.1, 0.15) is 0 Å². The second-order valence-corrected chi connectivity index (χ2v) is 5.90. The summed E-state index contributed by atoms with van der Waals surface area (Å²) in [6.07, 6.45) is 5.49. The fourth-order valence-corrected chi connectivity index (χ4v) is 2.97. The van der Waals surface area contributed by atoms with Gasteiger partial charge in [-0.05, 0) is 43.7 Å². The minimum atomic E-state index is -0.220. The maximum absolute atomic E-state index is 11.5.